The normalized spacial score (nSPS) is 20.2. The predicted molar refractivity (Wildman–Crippen MR) is 120 cm³/mol. The first-order valence-electron chi connectivity index (χ1n) is 11.0. The van der Waals surface area contributed by atoms with Gasteiger partial charge in [0.25, 0.3) is 0 Å². The molecule has 4 rings (SSSR count). The van der Waals surface area contributed by atoms with E-state index in [4.69, 9.17) is 9.97 Å². The van der Waals surface area contributed by atoms with Crippen LogP contribution in [0.1, 0.15) is 50.8 Å². The van der Waals surface area contributed by atoms with E-state index in [-0.39, 0.29) is 16.8 Å². The molecule has 0 bridgehead atoms. The predicted octanol–water partition coefficient (Wildman–Crippen LogP) is 3.77. The van der Waals surface area contributed by atoms with Gasteiger partial charge < -0.3 is 10.0 Å². The molecule has 6 nitrogen and oxygen atoms in total. The number of hydrogen-bond acceptors (Lipinski definition) is 6. The number of sulfone groups is 1. The highest BCUT2D eigenvalue weighted by atomic mass is 32.2. The van der Waals surface area contributed by atoms with Crippen LogP contribution in [0.5, 0.6) is 5.75 Å². The Bertz CT molecular complexity index is 1010. The molecule has 7 heteroatoms. The Labute approximate surface area is 179 Å². The Morgan fingerprint density at radius 3 is 2.57 bits per heavy atom. The van der Waals surface area contributed by atoms with Crippen molar-refractivity contribution in [2.45, 2.75) is 57.6 Å². The summed E-state index contributed by atoms with van der Waals surface area (Å²) in [5.74, 6) is 2.50. The number of hydrogen-bond donors (Lipinski definition) is 1. The number of fused-ring (bicyclic) bond motifs is 1. The lowest BCUT2D eigenvalue weighted by molar-refractivity contribution is 0.475. The van der Waals surface area contributed by atoms with Gasteiger partial charge in [-0.2, -0.15) is 0 Å². The van der Waals surface area contributed by atoms with Gasteiger partial charge in [-0.15, -0.1) is 0 Å². The summed E-state index contributed by atoms with van der Waals surface area (Å²) in [6, 6.07) is 7.17. The molecule has 1 aliphatic heterocycles. The van der Waals surface area contributed by atoms with E-state index >= 15 is 0 Å². The Morgan fingerprint density at radius 1 is 1.13 bits per heavy atom. The Balaban J connectivity index is 1.67. The van der Waals surface area contributed by atoms with Gasteiger partial charge in [-0.1, -0.05) is 26.0 Å². The standard InChI is InChI=1S/C23H31N3O3S/c1-3-14-30(28,29)17-10-12-26(13-11-17)23-18-9-8-16(2)15-20(18)24-22(25-23)19-6-4-5-7-21(19)27/h4-7,16-17,27H,3,8-15H2,1-2H3/t16-/m1/s1. The van der Waals surface area contributed by atoms with E-state index in [0.717, 1.165) is 30.8 Å². The first-order valence-corrected chi connectivity index (χ1v) is 12.7. The zero-order chi connectivity index (χ0) is 21.3. The van der Waals surface area contributed by atoms with Crippen molar-refractivity contribution in [3.63, 3.8) is 0 Å². The number of phenolic OH excluding ortho intramolecular Hbond substituents is 1. The summed E-state index contributed by atoms with van der Waals surface area (Å²) in [4.78, 5) is 12.0. The van der Waals surface area contributed by atoms with Gasteiger partial charge in [0, 0.05) is 18.7 Å². The first-order chi connectivity index (χ1) is 14.4. The minimum Gasteiger partial charge on any atom is -0.507 e. The number of rotatable bonds is 5. The van der Waals surface area contributed by atoms with Crippen LogP contribution in [0.25, 0.3) is 11.4 Å². The number of phenols is 1. The average molecular weight is 430 g/mol. The number of piperidine rings is 1. The summed E-state index contributed by atoms with van der Waals surface area (Å²) in [7, 11) is -3.01. The molecule has 2 aromatic rings. The molecule has 0 amide bonds. The minimum absolute atomic E-state index is 0.177. The van der Waals surface area contributed by atoms with Gasteiger partial charge in [0.05, 0.1) is 22.3 Å². The van der Waals surface area contributed by atoms with E-state index in [9.17, 15) is 13.5 Å². The largest absolute Gasteiger partial charge is 0.507 e. The van der Waals surface area contributed by atoms with Gasteiger partial charge in [0.15, 0.2) is 15.7 Å². The summed E-state index contributed by atoms with van der Waals surface area (Å²) in [6.45, 7) is 5.54. The number of benzene rings is 1. The monoisotopic (exact) mass is 429 g/mol. The Hall–Kier alpha value is -2.15. The maximum absolute atomic E-state index is 12.5. The quantitative estimate of drug-likeness (QED) is 0.779. The third-order valence-electron chi connectivity index (χ3n) is 6.38. The van der Waals surface area contributed by atoms with Crippen LogP contribution in [-0.2, 0) is 22.7 Å². The molecule has 1 aromatic carbocycles. The van der Waals surface area contributed by atoms with E-state index in [0.29, 0.717) is 49.7 Å². The second-order valence-corrected chi connectivity index (χ2v) is 11.1. The van der Waals surface area contributed by atoms with Crippen LogP contribution in [-0.4, -0.2) is 47.6 Å². The number of nitrogens with zero attached hydrogens (tertiary/aromatic N) is 3. The summed E-state index contributed by atoms with van der Waals surface area (Å²) in [6.07, 6.45) is 4.92. The van der Waals surface area contributed by atoms with Crippen molar-refractivity contribution < 1.29 is 13.5 Å². The fraction of sp³-hybridized carbons (Fsp3) is 0.565. The number of aromatic nitrogens is 2. The SMILES string of the molecule is CCCS(=O)(=O)C1CCN(c2nc(-c3ccccc3O)nc3c2CC[C@@H](C)C3)CC1. The molecule has 1 saturated heterocycles. The number of aromatic hydroxyl groups is 1. The van der Waals surface area contributed by atoms with E-state index in [1.807, 2.05) is 19.1 Å². The second kappa shape index (κ2) is 8.53. The highest BCUT2D eigenvalue weighted by Crippen LogP contribution is 2.36. The minimum atomic E-state index is -3.01. The lowest BCUT2D eigenvalue weighted by Gasteiger charge is -2.35. The van der Waals surface area contributed by atoms with Crippen molar-refractivity contribution in [3.8, 4) is 17.1 Å². The summed E-state index contributed by atoms with van der Waals surface area (Å²) >= 11 is 0. The van der Waals surface area contributed by atoms with Gasteiger partial charge in [-0.25, -0.2) is 18.4 Å². The van der Waals surface area contributed by atoms with Gasteiger partial charge in [0.1, 0.15) is 11.6 Å². The lowest BCUT2D eigenvalue weighted by atomic mass is 9.88. The van der Waals surface area contributed by atoms with Crippen LogP contribution >= 0.6 is 0 Å². The molecular weight excluding hydrogens is 398 g/mol. The molecule has 1 N–H and O–H groups in total. The molecule has 0 radical (unpaired) electrons. The van der Waals surface area contributed by atoms with Crippen LogP contribution in [0.4, 0.5) is 5.82 Å². The van der Waals surface area contributed by atoms with Crippen LogP contribution in [0.15, 0.2) is 24.3 Å². The van der Waals surface area contributed by atoms with Gasteiger partial charge >= 0.3 is 0 Å². The molecule has 2 heterocycles. The third kappa shape index (κ3) is 4.17. The zero-order valence-corrected chi connectivity index (χ0v) is 18.7. The average Bonchev–Trinajstić information content (AvgIpc) is 2.73. The van der Waals surface area contributed by atoms with Crippen LogP contribution in [0.3, 0.4) is 0 Å². The maximum atomic E-state index is 12.5. The van der Waals surface area contributed by atoms with Gasteiger partial charge in [0.2, 0.25) is 0 Å². The van der Waals surface area contributed by atoms with Crippen molar-refractivity contribution in [1.29, 1.82) is 0 Å². The van der Waals surface area contributed by atoms with E-state index < -0.39 is 9.84 Å². The molecule has 1 aliphatic carbocycles. The maximum Gasteiger partial charge on any atom is 0.165 e. The Kier molecular flexibility index (Phi) is 6.00. The highest BCUT2D eigenvalue weighted by molar-refractivity contribution is 7.92. The molecule has 1 fully saturated rings. The number of anilines is 1. The van der Waals surface area contributed by atoms with Crippen LogP contribution < -0.4 is 4.90 Å². The van der Waals surface area contributed by atoms with E-state index in [1.165, 1.54) is 5.56 Å². The van der Waals surface area contributed by atoms with Gasteiger partial charge in [-0.3, -0.25) is 0 Å². The third-order valence-corrected chi connectivity index (χ3v) is 8.85. The Morgan fingerprint density at radius 2 is 1.87 bits per heavy atom. The molecular formula is C23H31N3O3S. The van der Waals surface area contributed by atoms with Crippen LogP contribution in [0.2, 0.25) is 0 Å². The van der Waals surface area contributed by atoms with Crippen molar-refractivity contribution in [1.82, 2.24) is 9.97 Å². The summed E-state index contributed by atoms with van der Waals surface area (Å²) < 4.78 is 25.0. The topological polar surface area (TPSA) is 83.4 Å². The van der Waals surface area contributed by atoms with Crippen molar-refractivity contribution in [2.75, 3.05) is 23.7 Å². The molecule has 30 heavy (non-hydrogen) atoms. The molecule has 1 aromatic heterocycles. The van der Waals surface area contributed by atoms with Crippen molar-refractivity contribution in [3.05, 3.63) is 35.5 Å². The van der Waals surface area contributed by atoms with E-state index in [1.54, 1.807) is 12.1 Å². The molecule has 0 saturated carbocycles. The smallest absolute Gasteiger partial charge is 0.165 e. The number of para-hydroxylation sites is 1. The fourth-order valence-corrected chi connectivity index (χ4v) is 6.52. The molecule has 0 unspecified atom stereocenters. The van der Waals surface area contributed by atoms with Crippen LogP contribution in [0, 0.1) is 5.92 Å². The summed E-state index contributed by atoms with van der Waals surface area (Å²) in [5, 5.41) is 10.1. The fourth-order valence-electron chi connectivity index (χ4n) is 4.69. The highest BCUT2D eigenvalue weighted by Gasteiger charge is 2.32. The molecule has 0 spiro atoms. The van der Waals surface area contributed by atoms with Crippen molar-refractivity contribution in [2.24, 2.45) is 5.92 Å². The second-order valence-electron chi connectivity index (χ2n) is 8.71. The first kappa shape index (κ1) is 21.1. The zero-order valence-electron chi connectivity index (χ0n) is 17.8. The molecule has 162 valence electrons. The lowest BCUT2D eigenvalue weighted by Crippen LogP contribution is -2.41. The van der Waals surface area contributed by atoms with Crippen molar-refractivity contribution >= 4 is 15.7 Å². The summed E-state index contributed by atoms with van der Waals surface area (Å²) in [5.41, 5.74) is 2.90. The van der Waals surface area contributed by atoms with E-state index in [2.05, 4.69) is 11.8 Å². The molecule has 2 aliphatic rings. The molecule has 1 atom stereocenters. The van der Waals surface area contributed by atoms with Gasteiger partial charge in [-0.05, 0) is 56.6 Å².